The maximum atomic E-state index is 5.85. The summed E-state index contributed by atoms with van der Waals surface area (Å²) in [6, 6.07) is 4.77. The van der Waals surface area contributed by atoms with E-state index in [1.54, 1.807) is 7.11 Å². The molecule has 0 amide bonds. The summed E-state index contributed by atoms with van der Waals surface area (Å²) in [6.07, 6.45) is 2.54. The second kappa shape index (κ2) is 6.59. The zero-order valence-corrected chi connectivity index (χ0v) is 13.3. The van der Waals surface area contributed by atoms with Crippen molar-refractivity contribution in [1.29, 1.82) is 0 Å². The van der Waals surface area contributed by atoms with Crippen LogP contribution in [0.15, 0.2) is 12.1 Å². The van der Waals surface area contributed by atoms with Gasteiger partial charge in [0.1, 0.15) is 5.75 Å². The monoisotopic (exact) mass is 276 g/mol. The van der Waals surface area contributed by atoms with Crippen molar-refractivity contribution in [2.75, 3.05) is 26.7 Å². The Bertz CT molecular complexity index is 459. The van der Waals surface area contributed by atoms with Crippen LogP contribution in [0.5, 0.6) is 5.75 Å². The van der Waals surface area contributed by atoms with E-state index in [2.05, 4.69) is 37.8 Å². The molecular weight excluding hydrogens is 248 g/mol. The van der Waals surface area contributed by atoms with Crippen molar-refractivity contribution >= 4 is 0 Å². The van der Waals surface area contributed by atoms with Gasteiger partial charge in [-0.05, 0) is 75.4 Å². The Hall–Kier alpha value is -1.06. The van der Waals surface area contributed by atoms with E-state index in [4.69, 9.17) is 10.5 Å². The molecule has 112 valence electrons. The molecule has 1 aliphatic heterocycles. The highest BCUT2D eigenvalue weighted by Gasteiger charge is 2.25. The van der Waals surface area contributed by atoms with Crippen LogP contribution < -0.4 is 10.5 Å². The minimum atomic E-state index is 0.453. The number of rotatable bonds is 4. The third-order valence-electron chi connectivity index (χ3n) is 4.88. The smallest absolute Gasteiger partial charge is 0.122 e. The molecule has 3 nitrogen and oxygen atoms in total. The molecule has 2 N–H and O–H groups in total. The molecule has 0 spiro atoms. The van der Waals surface area contributed by atoms with Crippen LogP contribution in [-0.4, -0.2) is 31.6 Å². The van der Waals surface area contributed by atoms with Crippen molar-refractivity contribution < 1.29 is 4.74 Å². The van der Waals surface area contributed by atoms with E-state index < -0.39 is 0 Å². The lowest BCUT2D eigenvalue weighted by Gasteiger charge is -2.37. The summed E-state index contributed by atoms with van der Waals surface area (Å²) >= 11 is 0. The topological polar surface area (TPSA) is 38.5 Å². The zero-order valence-electron chi connectivity index (χ0n) is 13.3. The second-order valence-corrected chi connectivity index (χ2v) is 6.02. The lowest BCUT2D eigenvalue weighted by molar-refractivity contribution is 0.134. The van der Waals surface area contributed by atoms with Crippen molar-refractivity contribution in [3.63, 3.8) is 0 Å². The molecule has 0 aliphatic carbocycles. The Morgan fingerprint density at radius 1 is 1.35 bits per heavy atom. The first-order valence-corrected chi connectivity index (χ1v) is 7.66. The normalized spacial score (nSPS) is 21.8. The molecule has 0 saturated carbocycles. The number of hydrogen-bond donors (Lipinski definition) is 1. The molecule has 1 saturated heterocycles. The summed E-state index contributed by atoms with van der Waals surface area (Å²) < 4.78 is 5.41. The van der Waals surface area contributed by atoms with Crippen LogP contribution in [0.25, 0.3) is 0 Å². The fourth-order valence-electron chi connectivity index (χ4n) is 3.33. The molecule has 1 heterocycles. The average molecular weight is 276 g/mol. The van der Waals surface area contributed by atoms with Gasteiger partial charge in [-0.15, -0.1) is 0 Å². The number of methoxy groups -OCH3 is 1. The number of piperidine rings is 1. The molecule has 20 heavy (non-hydrogen) atoms. The number of likely N-dealkylation sites (tertiary alicyclic amines) is 1. The molecule has 1 fully saturated rings. The second-order valence-electron chi connectivity index (χ2n) is 6.02. The molecule has 1 aliphatic rings. The van der Waals surface area contributed by atoms with Crippen molar-refractivity contribution in [1.82, 2.24) is 4.90 Å². The van der Waals surface area contributed by atoms with E-state index >= 15 is 0 Å². The standard InChI is InChI=1S/C17H28N2O/c1-12-13(2)17(20-4)8-7-16(12)14(3)19-9-5-6-15(10-18)11-19/h7-8,14-15H,5-6,9-11,18H2,1-4H3. The highest BCUT2D eigenvalue weighted by molar-refractivity contribution is 5.44. The molecule has 2 atom stereocenters. The van der Waals surface area contributed by atoms with E-state index in [1.165, 1.54) is 36.1 Å². The van der Waals surface area contributed by atoms with Gasteiger partial charge in [0.05, 0.1) is 7.11 Å². The fraction of sp³-hybridized carbons (Fsp3) is 0.647. The van der Waals surface area contributed by atoms with Gasteiger partial charge in [-0.2, -0.15) is 0 Å². The molecule has 0 bridgehead atoms. The van der Waals surface area contributed by atoms with Crippen LogP contribution in [0.3, 0.4) is 0 Å². The molecule has 0 aromatic heterocycles. The van der Waals surface area contributed by atoms with Crippen LogP contribution in [0, 0.1) is 19.8 Å². The molecule has 3 heteroatoms. The van der Waals surface area contributed by atoms with Gasteiger partial charge in [-0.1, -0.05) is 6.07 Å². The first kappa shape index (κ1) is 15.3. The number of nitrogens with zero attached hydrogens (tertiary/aromatic N) is 1. The first-order valence-electron chi connectivity index (χ1n) is 7.66. The number of nitrogens with two attached hydrogens (primary N) is 1. The SMILES string of the molecule is COc1ccc(C(C)N2CCCC(CN)C2)c(C)c1C. The summed E-state index contributed by atoms with van der Waals surface area (Å²) in [5.41, 5.74) is 9.88. The Labute approximate surface area is 123 Å². The highest BCUT2D eigenvalue weighted by atomic mass is 16.5. The van der Waals surface area contributed by atoms with Gasteiger partial charge in [-0.25, -0.2) is 0 Å². The van der Waals surface area contributed by atoms with Crippen molar-refractivity contribution in [2.24, 2.45) is 11.7 Å². The van der Waals surface area contributed by atoms with E-state index in [1.807, 2.05) is 0 Å². The largest absolute Gasteiger partial charge is 0.496 e. The minimum Gasteiger partial charge on any atom is -0.496 e. The van der Waals surface area contributed by atoms with Crippen molar-refractivity contribution in [3.05, 3.63) is 28.8 Å². The molecule has 2 rings (SSSR count). The third kappa shape index (κ3) is 2.99. The van der Waals surface area contributed by atoms with Gasteiger partial charge in [-0.3, -0.25) is 4.90 Å². The van der Waals surface area contributed by atoms with Crippen molar-refractivity contribution in [3.8, 4) is 5.75 Å². The number of hydrogen-bond acceptors (Lipinski definition) is 3. The van der Waals surface area contributed by atoms with Crippen LogP contribution >= 0.6 is 0 Å². The van der Waals surface area contributed by atoms with Crippen LogP contribution in [-0.2, 0) is 0 Å². The first-order chi connectivity index (χ1) is 9.58. The van der Waals surface area contributed by atoms with Crippen LogP contribution in [0.4, 0.5) is 0 Å². The van der Waals surface area contributed by atoms with Gasteiger partial charge in [0.25, 0.3) is 0 Å². The van der Waals surface area contributed by atoms with Gasteiger partial charge < -0.3 is 10.5 Å². The maximum absolute atomic E-state index is 5.85. The Balaban J connectivity index is 2.20. The predicted molar refractivity (Wildman–Crippen MR) is 84.2 cm³/mol. The highest BCUT2D eigenvalue weighted by Crippen LogP contribution is 2.32. The van der Waals surface area contributed by atoms with Gasteiger partial charge in [0, 0.05) is 12.6 Å². The van der Waals surface area contributed by atoms with E-state index in [0.717, 1.165) is 18.8 Å². The summed E-state index contributed by atoms with van der Waals surface area (Å²) in [7, 11) is 1.74. The Morgan fingerprint density at radius 3 is 2.75 bits per heavy atom. The van der Waals surface area contributed by atoms with E-state index in [-0.39, 0.29) is 0 Å². The molecule has 1 aromatic rings. The van der Waals surface area contributed by atoms with E-state index in [9.17, 15) is 0 Å². The minimum absolute atomic E-state index is 0.453. The summed E-state index contributed by atoms with van der Waals surface area (Å²) in [6.45, 7) is 9.78. The third-order valence-corrected chi connectivity index (χ3v) is 4.88. The summed E-state index contributed by atoms with van der Waals surface area (Å²) in [5, 5.41) is 0. The van der Waals surface area contributed by atoms with Crippen molar-refractivity contribution in [2.45, 2.75) is 39.7 Å². The predicted octanol–water partition coefficient (Wildman–Crippen LogP) is 3.04. The molecule has 1 aromatic carbocycles. The average Bonchev–Trinajstić information content (AvgIpc) is 2.49. The Morgan fingerprint density at radius 2 is 2.10 bits per heavy atom. The quantitative estimate of drug-likeness (QED) is 0.918. The maximum Gasteiger partial charge on any atom is 0.122 e. The Kier molecular flexibility index (Phi) is 5.06. The lowest BCUT2D eigenvalue weighted by Crippen LogP contribution is -2.39. The number of ether oxygens (including phenoxy) is 1. The number of benzene rings is 1. The summed E-state index contributed by atoms with van der Waals surface area (Å²) in [5.74, 6) is 1.64. The lowest BCUT2D eigenvalue weighted by atomic mass is 9.92. The van der Waals surface area contributed by atoms with E-state index in [0.29, 0.717) is 12.0 Å². The van der Waals surface area contributed by atoms with Crippen LogP contribution in [0.2, 0.25) is 0 Å². The zero-order chi connectivity index (χ0) is 14.7. The fourth-order valence-corrected chi connectivity index (χ4v) is 3.33. The van der Waals surface area contributed by atoms with Gasteiger partial charge in [0.15, 0.2) is 0 Å². The van der Waals surface area contributed by atoms with Gasteiger partial charge >= 0.3 is 0 Å². The summed E-state index contributed by atoms with van der Waals surface area (Å²) in [4.78, 5) is 2.58. The molecule has 2 unspecified atom stereocenters. The molecular formula is C17H28N2O. The van der Waals surface area contributed by atoms with Gasteiger partial charge in [0.2, 0.25) is 0 Å². The van der Waals surface area contributed by atoms with Crippen LogP contribution in [0.1, 0.15) is 42.5 Å². The molecule has 0 radical (unpaired) electrons.